The van der Waals surface area contributed by atoms with Crippen molar-refractivity contribution in [2.45, 2.75) is 32.4 Å². The van der Waals surface area contributed by atoms with Crippen LogP contribution >= 0.6 is 0 Å². The molecule has 1 heterocycles. The molecular formula is C9H14N4O2. The fourth-order valence-electron chi connectivity index (χ4n) is 1.36. The molecule has 0 fully saturated rings. The number of aromatic nitrogens is 3. The van der Waals surface area contributed by atoms with Gasteiger partial charge in [-0.3, -0.25) is 0 Å². The second-order valence-corrected chi connectivity index (χ2v) is 3.61. The van der Waals surface area contributed by atoms with Crippen LogP contribution in [0.25, 0.3) is 0 Å². The molecule has 0 radical (unpaired) electrons. The summed E-state index contributed by atoms with van der Waals surface area (Å²) >= 11 is 0. The average molecular weight is 210 g/mol. The van der Waals surface area contributed by atoms with Crippen LogP contribution in [-0.2, 0) is 6.54 Å². The van der Waals surface area contributed by atoms with Crippen molar-refractivity contribution in [3.05, 3.63) is 11.4 Å². The second-order valence-electron chi connectivity index (χ2n) is 3.61. The molecule has 0 aliphatic rings. The Morgan fingerprint density at radius 2 is 2.20 bits per heavy atom. The minimum atomic E-state index is -0.879. The molecule has 0 saturated heterocycles. The Labute approximate surface area is 87.8 Å². The van der Waals surface area contributed by atoms with E-state index in [1.165, 1.54) is 4.68 Å². The molecule has 82 valence electrons. The van der Waals surface area contributed by atoms with Gasteiger partial charge >= 0.3 is 0 Å². The highest BCUT2D eigenvalue weighted by Gasteiger charge is 2.17. The van der Waals surface area contributed by atoms with Gasteiger partial charge in [0.1, 0.15) is 6.07 Å². The van der Waals surface area contributed by atoms with Gasteiger partial charge < -0.3 is 10.2 Å². The predicted octanol–water partition coefficient (Wildman–Crippen LogP) is -0.374. The van der Waals surface area contributed by atoms with Crippen LogP contribution in [0.1, 0.15) is 31.2 Å². The van der Waals surface area contributed by atoms with Crippen molar-refractivity contribution < 1.29 is 10.2 Å². The monoisotopic (exact) mass is 210 g/mol. The third kappa shape index (κ3) is 2.52. The maximum Gasteiger partial charge on any atom is 0.186 e. The molecule has 0 bridgehead atoms. The lowest BCUT2D eigenvalue weighted by molar-refractivity contribution is 0.0768. The molecule has 15 heavy (non-hydrogen) atoms. The lowest BCUT2D eigenvalue weighted by Crippen LogP contribution is -2.22. The molecule has 1 unspecified atom stereocenters. The van der Waals surface area contributed by atoms with Crippen LogP contribution in [0.4, 0.5) is 0 Å². The quantitative estimate of drug-likeness (QED) is 0.706. The minimum absolute atomic E-state index is 0.0977. The third-order valence-electron chi connectivity index (χ3n) is 2.02. The van der Waals surface area contributed by atoms with E-state index in [9.17, 15) is 5.11 Å². The van der Waals surface area contributed by atoms with Gasteiger partial charge in [-0.25, -0.2) is 4.68 Å². The zero-order valence-corrected chi connectivity index (χ0v) is 8.75. The Kier molecular flexibility index (Phi) is 3.77. The highest BCUT2D eigenvalue weighted by atomic mass is 16.3. The number of nitrogens with zero attached hydrogens (tertiary/aromatic N) is 4. The molecule has 1 atom stereocenters. The Bertz CT molecular complexity index is 367. The highest BCUT2D eigenvalue weighted by molar-refractivity contribution is 5.26. The number of aliphatic hydroxyl groups is 2. The van der Waals surface area contributed by atoms with Crippen molar-refractivity contribution in [3.63, 3.8) is 0 Å². The van der Waals surface area contributed by atoms with E-state index in [0.29, 0.717) is 5.69 Å². The maximum absolute atomic E-state index is 9.28. The van der Waals surface area contributed by atoms with Crippen LogP contribution < -0.4 is 0 Å². The number of hydrogen-bond acceptors (Lipinski definition) is 5. The second kappa shape index (κ2) is 4.87. The standard InChI is InChI=1S/C9H14N4O2/c1-6(2)9-8(3-10)11-12-13(9)4-7(15)5-14/h6-7,14-15H,4-5H2,1-2H3. The first kappa shape index (κ1) is 11.6. The molecule has 0 amide bonds. The van der Waals surface area contributed by atoms with E-state index in [4.69, 9.17) is 10.4 Å². The van der Waals surface area contributed by atoms with Gasteiger partial charge in [-0.15, -0.1) is 5.10 Å². The molecule has 6 heteroatoms. The van der Waals surface area contributed by atoms with E-state index in [2.05, 4.69) is 10.3 Å². The predicted molar refractivity (Wildman–Crippen MR) is 51.9 cm³/mol. The summed E-state index contributed by atoms with van der Waals surface area (Å²) in [6.07, 6.45) is -0.879. The van der Waals surface area contributed by atoms with Gasteiger partial charge in [-0.05, 0) is 5.92 Å². The minimum Gasteiger partial charge on any atom is -0.394 e. The van der Waals surface area contributed by atoms with E-state index in [0.717, 1.165) is 0 Å². The first-order valence-corrected chi connectivity index (χ1v) is 4.72. The fourth-order valence-corrected chi connectivity index (χ4v) is 1.36. The molecule has 2 N–H and O–H groups in total. The molecule has 0 saturated carbocycles. The van der Waals surface area contributed by atoms with Crippen LogP contribution in [-0.4, -0.2) is 37.9 Å². The Morgan fingerprint density at radius 1 is 1.53 bits per heavy atom. The van der Waals surface area contributed by atoms with E-state index in [1.54, 1.807) is 0 Å². The van der Waals surface area contributed by atoms with Crippen molar-refractivity contribution >= 4 is 0 Å². The molecule has 0 spiro atoms. The summed E-state index contributed by atoms with van der Waals surface area (Å²) in [5.74, 6) is 0.0977. The van der Waals surface area contributed by atoms with E-state index in [-0.39, 0.29) is 24.8 Å². The van der Waals surface area contributed by atoms with E-state index < -0.39 is 6.10 Å². The first-order chi connectivity index (χ1) is 7.10. The lowest BCUT2D eigenvalue weighted by Gasteiger charge is -2.11. The molecule has 0 aromatic carbocycles. The molecule has 1 rings (SSSR count). The summed E-state index contributed by atoms with van der Waals surface area (Å²) in [6.45, 7) is 3.65. The Hall–Kier alpha value is -1.45. The van der Waals surface area contributed by atoms with Gasteiger partial charge in [-0.2, -0.15) is 5.26 Å². The average Bonchev–Trinajstić information content (AvgIpc) is 2.60. The van der Waals surface area contributed by atoms with Crippen LogP contribution in [0.5, 0.6) is 0 Å². The highest BCUT2D eigenvalue weighted by Crippen LogP contribution is 2.16. The van der Waals surface area contributed by atoms with Crippen molar-refractivity contribution in [2.75, 3.05) is 6.61 Å². The van der Waals surface area contributed by atoms with Gasteiger partial charge in [0.15, 0.2) is 5.69 Å². The number of aliphatic hydroxyl groups excluding tert-OH is 2. The summed E-state index contributed by atoms with van der Waals surface area (Å²) in [6, 6.07) is 1.95. The Morgan fingerprint density at radius 3 is 2.67 bits per heavy atom. The van der Waals surface area contributed by atoms with Gasteiger partial charge in [0.05, 0.1) is 24.9 Å². The molecule has 6 nitrogen and oxygen atoms in total. The van der Waals surface area contributed by atoms with Gasteiger partial charge in [0.25, 0.3) is 0 Å². The van der Waals surface area contributed by atoms with Gasteiger partial charge in [-0.1, -0.05) is 19.1 Å². The Balaban J connectivity index is 2.98. The zero-order valence-electron chi connectivity index (χ0n) is 8.75. The first-order valence-electron chi connectivity index (χ1n) is 4.72. The summed E-state index contributed by atoms with van der Waals surface area (Å²) in [4.78, 5) is 0. The largest absolute Gasteiger partial charge is 0.394 e. The maximum atomic E-state index is 9.28. The summed E-state index contributed by atoms with van der Waals surface area (Å²) in [7, 11) is 0. The van der Waals surface area contributed by atoms with Crippen LogP contribution in [0.2, 0.25) is 0 Å². The van der Waals surface area contributed by atoms with Crippen LogP contribution in [0.3, 0.4) is 0 Å². The number of hydrogen-bond donors (Lipinski definition) is 2. The zero-order chi connectivity index (χ0) is 11.4. The van der Waals surface area contributed by atoms with E-state index >= 15 is 0 Å². The normalized spacial score (nSPS) is 12.8. The SMILES string of the molecule is CC(C)c1c(C#N)nnn1CC(O)CO. The topological polar surface area (TPSA) is 95.0 Å². The van der Waals surface area contributed by atoms with Gasteiger partial charge in [0.2, 0.25) is 0 Å². The summed E-state index contributed by atoms with van der Waals surface area (Å²) < 4.78 is 1.46. The number of nitriles is 1. The molecule has 1 aromatic heterocycles. The lowest BCUT2D eigenvalue weighted by atomic mass is 10.1. The van der Waals surface area contributed by atoms with E-state index in [1.807, 2.05) is 19.9 Å². The molecular weight excluding hydrogens is 196 g/mol. The molecule has 0 aliphatic carbocycles. The van der Waals surface area contributed by atoms with Crippen LogP contribution in [0.15, 0.2) is 0 Å². The van der Waals surface area contributed by atoms with Crippen molar-refractivity contribution in [1.29, 1.82) is 5.26 Å². The van der Waals surface area contributed by atoms with Crippen molar-refractivity contribution in [1.82, 2.24) is 15.0 Å². The third-order valence-corrected chi connectivity index (χ3v) is 2.02. The number of rotatable bonds is 4. The van der Waals surface area contributed by atoms with Crippen LogP contribution in [0, 0.1) is 11.3 Å². The molecule has 1 aromatic rings. The smallest absolute Gasteiger partial charge is 0.186 e. The van der Waals surface area contributed by atoms with Gasteiger partial charge in [0, 0.05) is 0 Å². The summed E-state index contributed by atoms with van der Waals surface area (Å²) in [5.41, 5.74) is 0.958. The van der Waals surface area contributed by atoms with Crippen molar-refractivity contribution in [3.8, 4) is 6.07 Å². The fraction of sp³-hybridized carbons (Fsp3) is 0.667. The summed E-state index contributed by atoms with van der Waals surface area (Å²) in [5, 5.41) is 34.3. The van der Waals surface area contributed by atoms with Crippen molar-refractivity contribution in [2.24, 2.45) is 0 Å². The molecule has 0 aliphatic heterocycles.